The van der Waals surface area contributed by atoms with E-state index in [0.717, 1.165) is 43.2 Å². The summed E-state index contributed by atoms with van der Waals surface area (Å²) < 4.78 is 10.8. The second-order valence-electron chi connectivity index (χ2n) is 4.59. The van der Waals surface area contributed by atoms with E-state index < -0.39 is 0 Å². The molecule has 0 amide bonds. The van der Waals surface area contributed by atoms with Crippen molar-refractivity contribution in [3.63, 3.8) is 0 Å². The molecule has 0 radical (unpaired) electrons. The zero-order valence-electron chi connectivity index (χ0n) is 11.1. The van der Waals surface area contributed by atoms with Gasteiger partial charge in [-0.2, -0.15) is 0 Å². The van der Waals surface area contributed by atoms with Crippen molar-refractivity contribution in [2.24, 2.45) is 0 Å². The molecule has 1 aliphatic rings. The minimum Gasteiger partial charge on any atom is -0.496 e. The SMILES string of the molecule is COc1cc(C)ccc1C(CO)N1CCOCC1. The van der Waals surface area contributed by atoms with Crippen molar-refractivity contribution >= 4 is 0 Å². The van der Waals surface area contributed by atoms with Crippen LogP contribution in [0.2, 0.25) is 0 Å². The number of rotatable bonds is 4. The summed E-state index contributed by atoms with van der Waals surface area (Å²) in [5.74, 6) is 0.848. The number of aliphatic hydroxyl groups is 1. The van der Waals surface area contributed by atoms with Gasteiger partial charge in [0.2, 0.25) is 0 Å². The van der Waals surface area contributed by atoms with Gasteiger partial charge in [-0.1, -0.05) is 12.1 Å². The van der Waals surface area contributed by atoms with Gasteiger partial charge in [0.25, 0.3) is 0 Å². The van der Waals surface area contributed by atoms with Gasteiger partial charge in [0.05, 0.1) is 33.0 Å². The molecule has 1 fully saturated rings. The Kier molecular flexibility index (Phi) is 4.58. The van der Waals surface area contributed by atoms with Crippen LogP contribution in [-0.4, -0.2) is 50.0 Å². The summed E-state index contributed by atoms with van der Waals surface area (Å²) in [7, 11) is 1.67. The first-order valence-corrected chi connectivity index (χ1v) is 6.33. The summed E-state index contributed by atoms with van der Waals surface area (Å²) in [6, 6.07) is 6.11. The lowest BCUT2D eigenvalue weighted by molar-refractivity contribution is 0.00204. The summed E-state index contributed by atoms with van der Waals surface area (Å²) in [5.41, 5.74) is 2.21. The number of hydrogen-bond donors (Lipinski definition) is 1. The molecule has 4 nitrogen and oxygen atoms in total. The van der Waals surface area contributed by atoms with Gasteiger partial charge in [-0.15, -0.1) is 0 Å². The molecule has 1 heterocycles. The van der Waals surface area contributed by atoms with E-state index in [1.807, 2.05) is 19.1 Å². The highest BCUT2D eigenvalue weighted by molar-refractivity contribution is 5.39. The Balaban J connectivity index is 2.25. The fourth-order valence-electron chi connectivity index (χ4n) is 2.39. The molecule has 18 heavy (non-hydrogen) atoms. The van der Waals surface area contributed by atoms with E-state index in [2.05, 4.69) is 11.0 Å². The third kappa shape index (κ3) is 2.83. The topological polar surface area (TPSA) is 41.9 Å². The van der Waals surface area contributed by atoms with Crippen molar-refractivity contribution in [3.05, 3.63) is 29.3 Å². The standard InChI is InChI=1S/C14H21NO3/c1-11-3-4-12(14(9-11)17-2)13(10-16)15-5-7-18-8-6-15/h3-4,9,13,16H,5-8,10H2,1-2H3. The van der Waals surface area contributed by atoms with E-state index in [9.17, 15) is 5.11 Å². The molecule has 0 bridgehead atoms. The maximum Gasteiger partial charge on any atom is 0.123 e. The van der Waals surface area contributed by atoms with Crippen molar-refractivity contribution in [3.8, 4) is 5.75 Å². The predicted octanol–water partition coefficient (Wildman–Crippen LogP) is 1.37. The molecule has 0 aliphatic carbocycles. The number of aliphatic hydroxyl groups excluding tert-OH is 1. The van der Waals surface area contributed by atoms with Crippen LogP contribution in [0, 0.1) is 6.92 Å². The molecule has 0 saturated carbocycles. The monoisotopic (exact) mass is 251 g/mol. The van der Waals surface area contributed by atoms with E-state index in [-0.39, 0.29) is 12.6 Å². The molecule has 1 aliphatic heterocycles. The first kappa shape index (κ1) is 13.3. The summed E-state index contributed by atoms with van der Waals surface area (Å²) >= 11 is 0. The van der Waals surface area contributed by atoms with Gasteiger partial charge in [-0.05, 0) is 18.6 Å². The fourth-order valence-corrected chi connectivity index (χ4v) is 2.39. The van der Waals surface area contributed by atoms with Gasteiger partial charge in [0.1, 0.15) is 5.75 Å². The number of nitrogens with zero attached hydrogens (tertiary/aromatic N) is 1. The molecule has 4 heteroatoms. The van der Waals surface area contributed by atoms with E-state index >= 15 is 0 Å². The van der Waals surface area contributed by atoms with Crippen LogP contribution in [-0.2, 0) is 4.74 Å². The lowest BCUT2D eigenvalue weighted by Crippen LogP contribution is -2.40. The van der Waals surface area contributed by atoms with Crippen molar-refractivity contribution in [1.82, 2.24) is 4.90 Å². The first-order valence-electron chi connectivity index (χ1n) is 6.33. The number of benzene rings is 1. The molecule has 1 aromatic carbocycles. The molecule has 1 saturated heterocycles. The Bertz CT molecular complexity index is 389. The summed E-state index contributed by atoms with van der Waals surface area (Å²) in [6.07, 6.45) is 0. The molecular weight excluding hydrogens is 230 g/mol. The third-order valence-corrected chi connectivity index (χ3v) is 3.41. The van der Waals surface area contributed by atoms with E-state index in [4.69, 9.17) is 9.47 Å². The van der Waals surface area contributed by atoms with Gasteiger partial charge >= 0.3 is 0 Å². The van der Waals surface area contributed by atoms with Crippen LogP contribution >= 0.6 is 0 Å². The molecule has 2 rings (SSSR count). The van der Waals surface area contributed by atoms with Gasteiger partial charge in [0.15, 0.2) is 0 Å². The second kappa shape index (κ2) is 6.18. The lowest BCUT2D eigenvalue weighted by atomic mass is 10.0. The van der Waals surface area contributed by atoms with Crippen LogP contribution in [0.1, 0.15) is 17.2 Å². The van der Waals surface area contributed by atoms with Gasteiger partial charge < -0.3 is 14.6 Å². The van der Waals surface area contributed by atoms with E-state index in [1.165, 1.54) is 0 Å². The molecule has 1 N–H and O–H groups in total. The van der Waals surface area contributed by atoms with Crippen LogP contribution in [0.4, 0.5) is 0 Å². The number of hydrogen-bond acceptors (Lipinski definition) is 4. The molecular formula is C14H21NO3. The van der Waals surface area contributed by atoms with Crippen molar-refractivity contribution in [2.45, 2.75) is 13.0 Å². The zero-order valence-corrected chi connectivity index (χ0v) is 11.1. The van der Waals surface area contributed by atoms with Gasteiger partial charge in [-0.3, -0.25) is 4.90 Å². The fraction of sp³-hybridized carbons (Fsp3) is 0.571. The molecule has 1 unspecified atom stereocenters. The maximum atomic E-state index is 9.68. The zero-order chi connectivity index (χ0) is 13.0. The Morgan fingerprint density at radius 2 is 2.11 bits per heavy atom. The van der Waals surface area contributed by atoms with E-state index in [0.29, 0.717) is 0 Å². The van der Waals surface area contributed by atoms with Crippen LogP contribution in [0.3, 0.4) is 0 Å². The average molecular weight is 251 g/mol. The van der Waals surface area contributed by atoms with Gasteiger partial charge in [-0.25, -0.2) is 0 Å². The summed E-state index contributed by atoms with van der Waals surface area (Å²) in [5, 5.41) is 9.68. The minimum absolute atomic E-state index is 0.00977. The Hall–Kier alpha value is -1.10. The molecule has 0 spiro atoms. The second-order valence-corrected chi connectivity index (χ2v) is 4.59. The van der Waals surface area contributed by atoms with Gasteiger partial charge in [0, 0.05) is 18.7 Å². The number of methoxy groups -OCH3 is 1. The first-order chi connectivity index (χ1) is 8.76. The Labute approximate surface area is 108 Å². The smallest absolute Gasteiger partial charge is 0.123 e. The number of morpholine rings is 1. The predicted molar refractivity (Wildman–Crippen MR) is 69.9 cm³/mol. The minimum atomic E-state index is -0.00977. The Morgan fingerprint density at radius 1 is 1.39 bits per heavy atom. The van der Waals surface area contributed by atoms with E-state index in [1.54, 1.807) is 7.11 Å². The molecule has 1 atom stereocenters. The molecule has 0 aromatic heterocycles. The highest BCUT2D eigenvalue weighted by Crippen LogP contribution is 2.30. The normalized spacial score (nSPS) is 18.6. The number of ether oxygens (including phenoxy) is 2. The summed E-state index contributed by atoms with van der Waals surface area (Å²) in [6.45, 7) is 5.29. The van der Waals surface area contributed by atoms with Crippen molar-refractivity contribution < 1.29 is 14.6 Å². The quantitative estimate of drug-likeness (QED) is 0.877. The Morgan fingerprint density at radius 3 is 2.72 bits per heavy atom. The lowest BCUT2D eigenvalue weighted by Gasteiger charge is -2.34. The van der Waals surface area contributed by atoms with Crippen LogP contribution in [0.15, 0.2) is 18.2 Å². The van der Waals surface area contributed by atoms with Crippen LogP contribution in [0.5, 0.6) is 5.75 Å². The maximum absolute atomic E-state index is 9.68. The molecule has 1 aromatic rings. The highest BCUT2D eigenvalue weighted by atomic mass is 16.5. The number of aryl methyl sites for hydroxylation is 1. The largest absolute Gasteiger partial charge is 0.496 e. The summed E-state index contributed by atoms with van der Waals surface area (Å²) in [4.78, 5) is 2.25. The van der Waals surface area contributed by atoms with Crippen molar-refractivity contribution in [1.29, 1.82) is 0 Å². The van der Waals surface area contributed by atoms with Crippen molar-refractivity contribution in [2.75, 3.05) is 40.0 Å². The highest BCUT2D eigenvalue weighted by Gasteiger charge is 2.24. The van der Waals surface area contributed by atoms with Crippen LogP contribution < -0.4 is 4.74 Å². The van der Waals surface area contributed by atoms with Crippen LogP contribution in [0.25, 0.3) is 0 Å². The average Bonchev–Trinajstić information content (AvgIpc) is 2.42. The molecule has 100 valence electrons. The third-order valence-electron chi connectivity index (χ3n) is 3.41.